The summed E-state index contributed by atoms with van der Waals surface area (Å²) in [6, 6.07) is 5.24. The van der Waals surface area contributed by atoms with Gasteiger partial charge in [0.25, 0.3) is 0 Å². The first-order chi connectivity index (χ1) is 8.03. The normalized spacial score (nSPS) is 16.8. The molecule has 0 amide bonds. The molecular weight excluding hydrogens is 234 g/mol. The summed E-state index contributed by atoms with van der Waals surface area (Å²) >= 11 is 0. The van der Waals surface area contributed by atoms with Crippen molar-refractivity contribution in [2.24, 2.45) is 5.73 Å². The van der Waals surface area contributed by atoms with Gasteiger partial charge in [0.1, 0.15) is 0 Å². The van der Waals surface area contributed by atoms with E-state index < -0.39 is 9.84 Å². The first-order valence-corrected chi connectivity index (χ1v) is 7.78. The number of hydrogen-bond acceptors (Lipinski definition) is 3. The summed E-state index contributed by atoms with van der Waals surface area (Å²) < 4.78 is 24.2. The molecule has 2 N–H and O–H groups in total. The quantitative estimate of drug-likeness (QED) is 0.888. The molecule has 1 atom stereocenters. The molecule has 1 aromatic rings. The number of rotatable bonds is 4. The molecule has 0 spiro atoms. The van der Waals surface area contributed by atoms with Crippen molar-refractivity contribution in [3.05, 3.63) is 29.3 Å². The molecular formula is C13H19NO2S. The van der Waals surface area contributed by atoms with Gasteiger partial charge in [0.2, 0.25) is 0 Å². The van der Waals surface area contributed by atoms with Crippen LogP contribution in [0.4, 0.5) is 0 Å². The van der Waals surface area contributed by atoms with Gasteiger partial charge in [-0.25, -0.2) is 8.42 Å². The van der Waals surface area contributed by atoms with E-state index in [0.29, 0.717) is 11.3 Å². The van der Waals surface area contributed by atoms with Crippen LogP contribution in [0.2, 0.25) is 0 Å². The lowest BCUT2D eigenvalue weighted by Crippen LogP contribution is -2.28. The first-order valence-electron chi connectivity index (χ1n) is 6.13. The van der Waals surface area contributed by atoms with Crippen LogP contribution >= 0.6 is 0 Å². The van der Waals surface area contributed by atoms with E-state index in [0.717, 1.165) is 19.3 Å². The molecule has 0 heterocycles. The molecule has 0 bridgehead atoms. The van der Waals surface area contributed by atoms with Gasteiger partial charge in [0.05, 0.1) is 10.6 Å². The average Bonchev–Trinajstić information content (AvgIpc) is 2.75. The minimum Gasteiger partial charge on any atom is -0.327 e. The van der Waals surface area contributed by atoms with Gasteiger partial charge in [-0.1, -0.05) is 13.0 Å². The summed E-state index contributed by atoms with van der Waals surface area (Å²) in [4.78, 5) is 0.432. The van der Waals surface area contributed by atoms with E-state index in [1.165, 1.54) is 11.1 Å². The maximum Gasteiger partial charge on any atom is 0.179 e. The number of hydrogen-bond donors (Lipinski definition) is 1. The third-order valence-corrected chi connectivity index (χ3v) is 5.23. The zero-order valence-corrected chi connectivity index (χ0v) is 11.0. The van der Waals surface area contributed by atoms with Crippen LogP contribution in [0.3, 0.4) is 0 Å². The standard InChI is InChI=1S/C13H19NO2S/c1-2-12(14)9-17(15,16)13-7-6-10-4-3-5-11(10)8-13/h6-8,12H,2-5,9,14H2,1H3. The van der Waals surface area contributed by atoms with Crippen LogP contribution < -0.4 is 5.73 Å². The fourth-order valence-corrected chi connectivity index (χ4v) is 3.83. The lowest BCUT2D eigenvalue weighted by Gasteiger charge is -2.10. The average molecular weight is 253 g/mol. The minimum atomic E-state index is -3.22. The fraction of sp³-hybridized carbons (Fsp3) is 0.538. The van der Waals surface area contributed by atoms with Gasteiger partial charge in [0.15, 0.2) is 9.84 Å². The molecule has 0 aliphatic heterocycles. The minimum absolute atomic E-state index is 0.0439. The van der Waals surface area contributed by atoms with E-state index in [2.05, 4.69) is 0 Å². The highest BCUT2D eigenvalue weighted by Crippen LogP contribution is 2.25. The largest absolute Gasteiger partial charge is 0.327 e. The zero-order chi connectivity index (χ0) is 12.5. The maximum atomic E-state index is 12.1. The fourth-order valence-electron chi connectivity index (χ4n) is 2.24. The number of sulfone groups is 1. The Balaban J connectivity index is 2.28. The van der Waals surface area contributed by atoms with Gasteiger partial charge >= 0.3 is 0 Å². The summed E-state index contributed by atoms with van der Waals surface area (Å²) in [6.45, 7) is 1.91. The van der Waals surface area contributed by atoms with Gasteiger partial charge in [-0.2, -0.15) is 0 Å². The van der Waals surface area contributed by atoms with E-state index in [-0.39, 0.29) is 11.8 Å². The summed E-state index contributed by atoms with van der Waals surface area (Å²) in [5.41, 5.74) is 8.22. The monoisotopic (exact) mass is 253 g/mol. The predicted molar refractivity (Wildman–Crippen MR) is 68.8 cm³/mol. The van der Waals surface area contributed by atoms with Gasteiger partial charge in [-0.05, 0) is 48.9 Å². The van der Waals surface area contributed by atoms with E-state index >= 15 is 0 Å². The van der Waals surface area contributed by atoms with Crippen molar-refractivity contribution in [1.82, 2.24) is 0 Å². The van der Waals surface area contributed by atoms with Gasteiger partial charge < -0.3 is 5.73 Å². The lowest BCUT2D eigenvalue weighted by atomic mass is 10.1. The molecule has 17 heavy (non-hydrogen) atoms. The molecule has 3 nitrogen and oxygen atoms in total. The van der Waals surface area contributed by atoms with E-state index in [1.54, 1.807) is 6.07 Å². The first kappa shape index (κ1) is 12.6. The molecule has 0 radical (unpaired) electrons. The van der Waals surface area contributed by atoms with E-state index in [9.17, 15) is 8.42 Å². The lowest BCUT2D eigenvalue weighted by molar-refractivity contribution is 0.583. The molecule has 2 rings (SSSR count). The molecule has 1 unspecified atom stereocenters. The van der Waals surface area contributed by atoms with Gasteiger partial charge in [-0.3, -0.25) is 0 Å². The highest BCUT2D eigenvalue weighted by atomic mass is 32.2. The summed E-state index contributed by atoms with van der Waals surface area (Å²) in [7, 11) is -3.22. The molecule has 0 saturated heterocycles. The van der Waals surface area contributed by atoms with Crippen molar-refractivity contribution < 1.29 is 8.42 Å². The molecule has 1 aliphatic carbocycles. The second-order valence-corrected chi connectivity index (χ2v) is 6.77. The molecule has 1 aliphatic rings. The van der Waals surface area contributed by atoms with Crippen molar-refractivity contribution in [3.8, 4) is 0 Å². The summed E-state index contributed by atoms with van der Waals surface area (Å²) in [6.07, 6.45) is 3.89. The van der Waals surface area contributed by atoms with Crippen LogP contribution in [0.25, 0.3) is 0 Å². The van der Waals surface area contributed by atoms with Crippen molar-refractivity contribution >= 4 is 9.84 Å². The molecule has 0 fully saturated rings. The van der Waals surface area contributed by atoms with Crippen molar-refractivity contribution in [3.63, 3.8) is 0 Å². The number of benzene rings is 1. The second-order valence-electron chi connectivity index (χ2n) is 4.73. The molecule has 94 valence electrons. The Morgan fingerprint density at radius 1 is 1.29 bits per heavy atom. The topological polar surface area (TPSA) is 60.2 Å². The van der Waals surface area contributed by atoms with Crippen molar-refractivity contribution in [1.29, 1.82) is 0 Å². The zero-order valence-electron chi connectivity index (χ0n) is 10.1. The highest BCUT2D eigenvalue weighted by molar-refractivity contribution is 7.91. The number of aryl methyl sites for hydroxylation is 2. The Kier molecular flexibility index (Phi) is 3.54. The maximum absolute atomic E-state index is 12.1. The number of fused-ring (bicyclic) bond motifs is 1. The van der Waals surface area contributed by atoms with Crippen LogP contribution in [-0.4, -0.2) is 20.2 Å². The van der Waals surface area contributed by atoms with E-state index in [1.807, 2.05) is 19.1 Å². The van der Waals surface area contributed by atoms with Gasteiger partial charge in [-0.15, -0.1) is 0 Å². The van der Waals surface area contributed by atoms with Gasteiger partial charge in [0, 0.05) is 6.04 Å². The van der Waals surface area contributed by atoms with Crippen LogP contribution in [-0.2, 0) is 22.7 Å². The second kappa shape index (κ2) is 4.78. The molecule has 0 aromatic heterocycles. The SMILES string of the molecule is CCC(N)CS(=O)(=O)c1ccc2c(c1)CCC2. The third kappa shape index (κ3) is 2.69. The summed E-state index contributed by atoms with van der Waals surface area (Å²) in [5.74, 6) is 0.0439. The van der Waals surface area contributed by atoms with Crippen molar-refractivity contribution in [2.45, 2.75) is 43.5 Å². The third-order valence-electron chi connectivity index (χ3n) is 3.39. The smallest absolute Gasteiger partial charge is 0.179 e. The van der Waals surface area contributed by atoms with Crippen LogP contribution in [0, 0.1) is 0 Å². The predicted octanol–water partition coefficient (Wildman–Crippen LogP) is 1.69. The van der Waals surface area contributed by atoms with Crippen molar-refractivity contribution in [2.75, 3.05) is 5.75 Å². The molecule has 0 saturated carbocycles. The Bertz CT molecular complexity index is 508. The van der Waals surface area contributed by atoms with Crippen LogP contribution in [0.15, 0.2) is 23.1 Å². The summed E-state index contributed by atoms with van der Waals surface area (Å²) in [5, 5.41) is 0. The molecule has 4 heteroatoms. The van der Waals surface area contributed by atoms with E-state index in [4.69, 9.17) is 5.73 Å². The molecule has 1 aromatic carbocycles. The Labute approximate surface area is 103 Å². The Morgan fingerprint density at radius 2 is 2.00 bits per heavy atom. The number of nitrogens with two attached hydrogens (primary N) is 1. The van der Waals surface area contributed by atoms with Crippen LogP contribution in [0.5, 0.6) is 0 Å². The highest BCUT2D eigenvalue weighted by Gasteiger charge is 2.20. The Morgan fingerprint density at radius 3 is 2.71 bits per heavy atom. The van der Waals surface area contributed by atoms with Crippen LogP contribution in [0.1, 0.15) is 30.9 Å². The Hall–Kier alpha value is -0.870.